The summed E-state index contributed by atoms with van der Waals surface area (Å²) in [5.74, 6) is 0.575. The summed E-state index contributed by atoms with van der Waals surface area (Å²) in [6.45, 7) is 3.69. The van der Waals surface area contributed by atoms with Crippen LogP contribution in [0.3, 0.4) is 0 Å². The van der Waals surface area contributed by atoms with Gasteiger partial charge in [-0.05, 0) is 44.5 Å². The van der Waals surface area contributed by atoms with Crippen LogP contribution in [0.2, 0.25) is 0 Å². The molecule has 0 unspecified atom stereocenters. The fraction of sp³-hybridized carbons (Fsp3) is 0.550. The molecular weight excluding hydrogens is 415 g/mol. The smallest absolute Gasteiger partial charge is 0.342 e. The van der Waals surface area contributed by atoms with Crippen molar-refractivity contribution in [2.75, 3.05) is 31.9 Å². The Morgan fingerprint density at radius 2 is 1.73 bits per heavy atom. The van der Waals surface area contributed by atoms with E-state index in [0.29, 0.717) is 17.5 Å². The van der Waals surface area contributed by atoms with Crippen LogP contribution < -0.4 is 0 Å². The predicted octanol–water partition coefficient (Wildman–Crippen LogP) is 3.60. The van der Waals surface area contributed by atoms with Gasteiger partial charge in [-0.15, -0.1) is 10.2 Å². The van der Waals surface area contributed by atoms with E-state index in [1.165, 1.54) is 23.1 Å². The zero-order chi connectivity index (χ0) is 21.1. The van der Waals surface area contributed by atoms with Crippen LogP contribution in [-0.4, -0.2) is 62.4 Å². The molecule has 0 N–H and O–H groups in total. The van der Waals surface area contributed by atoms with E-state index in [4.69, 9.17) is 0 Å². The first-order chi connectivity index (χ1) is 14.4. The molecule has 0 radical (unpaired) electrons. The minimum Gasteiger partial charge on any atom is -0.342 e. The van der Waals surface area contributed by atoms with Gasteiger partial charge >= 0.3 is 6.18 Å². The Labute approximate surface area is 177 Å². The first-order valence-corrected chi connectivity index (χ1v) is 11.2. The maximum atomic E-state index is 13.7. The number of likely N-dealkylation sites (tertiary alicyclic amines) is 2. The first-order valence-electron chi connectivity index (χ1n) is 10.2. The number of carbonyl (C=O) groups excluding carboxylic acids is 1. The van der Waals surface area contributed by atoms with Crippen molar-refractivity contribution in [1.82, 2.24) is 24.6 Å². The number of nitrogens with zero attached hydrogens (tertiary/aromatic N) is 5. The number of alkyl halides is 3. The molecule has 0 bridgehead atoms. The number of halogens is 3. The van der Waals surface area contributed by atoms with Gasteiger partial charge in [0.1, 0.15) is 0 Å². The molecular formula is C20H24F3N5OS. The fourth-order valence-electron chi connectivity index (χ4n) is 3.75. The molecule has 2 fully saturated rings. The molecule has 0 atom stereocenters. The van der Waals surface area contributed by atoms with Crippen molar-refractivity contribution in [2.45, 2.75) is 43.6 Å². The summed E-state index contributed by atoms with van der Waals surface area (Å²) in [7, 11) is 0. The monoisotopic (exact) mass is 439 g/mol. The zero-order valence-electron chi connectivity index (χ0n) is 16.6. The van der Waals surface area contributed by atoms with Crippen LogP contribution in [0, 0.1) is 0 Å². The van der Waals surface area contributed by atoms with Crippen LogP contribution in [0.25, 0.3) is 5.69 Å². The fourth-order valence-corrected chi connectivity index (χ4v) is 4.61. The van der Waals surface area contributed by atoms with Crippen molar-refractivity contribution in [2.24, 2.45) is 0 Å². The van der Waals surface area contributed by atoms with Gasteiger partial charge in [-0.1, -0.05) is 30.3 Å². The zero-order valence-corrected chi connectivity index (χ0v) is 17.4. The molecule has 1 aromatic heterocycles. The van der Waals surface area contributed by atoms with E-state index >= 15 is 0 Å². The summed E-state index contributed by atoms with van der Waals surface area (Å²) in [5, 5.41) is 8.71. The highest BCUT2D eigenvalue weighted by molar-refractivity contribution is 7.99. The molecule has 0 saturated carbocycles. The van der Waals surface area contributed by atoms with E-state index < -0.39 is 11.7 Å². The van der Waals surface area contributed by atoms with E-state index in [0.717, 1.165) is 63.3 Å². The van der Waals surface area contributed by atoms with Crippen LogP contribution in [0.1, 0.15) is 37.1 Å². The molecule has 3 heterocycles. The van der Waals surface area contributed by atoms with Crippen LogP contribution in [-0.2, 0) is 17.5 Å². The number of piperidine rings is 1. The minimum absolute atomic E-state index is 0.000841. The SMILES string of the molecule is O=C(CSc1nnc(CN2CCCCC2)n1-c1ccccc1C(F)(F)F)N1CCC1. The van der Waals surface area contributed by atoms with E-state index in [1.807, 2.05) is 0 Å². The van der Waals surface area contributed by atoms with Gasteiger partial charge in [0.2, 0.25) is 5.91 Å². The molecule has 162 valence electrons. The number of para-hydroxylation sites is 1. The van der Waals surface area contributed by atoms with Gasteiger partial charge in [-0.2, -0.15) is 13.2 Å². The number of hydrogen-bond acceptors (Lipinski definition) is 5. The molecule has 1 amide bonds. The van der Waals surface area contributed by atoms with Crippen molar-refractivity contribution in [1.29, 1.82) is 0 Å². The molecule has 1 aromatic carbocycles. The number of amides is 1. The maximum Gasteiger partial charge on any atom is 0.418 e. The highest BCUT2D eigenvalue weighted by Crippen LogP contribution is 2.36. The molecule has 30 heavy (non-hydrogen) atoms. The van der Waals surface area contributed by atoms with E-state index in [2.05, 4.69) is 15.1 Å². The van der Waals surface area contributed by atoms with Gasteiger partial charge in [0.15, 0.2) is 11.0 Å². The summed E-state index contributed by atoms with van der Waals surface area (Å²) < 4.78 is 42.6. The average molecular weight is 440 g/mol. The number of carbonyl (C=O) groups is 1. The molecule has 0 aliphatic carbocycles. The summed E-state index contributed by atoms with van der Waals surface area (Å²) in [6, 6.07) is 5.46. The van der Waals surface area contributed by atoms with Crippen LogP contribution in [0.15, 0.2) is 29.4 Å². The van der Waals surface area contributed by atoms with Gasteiger partial charge in [0, 0.05) is 13.1 Å². The maximum absolute atomic E-state index is 13.7. The highest BCUT2D eigenvalue weighted by atomic mass is 32.2. The second-order valence-electron chi connectivity index (χ2n) is 7.61. The van der Waals surface area contributed by atoms with E-state index in [-0.39, 0.29) is 17.3 Å². The molecule has 6 nitrogen and oxygen atoms in total. The molecule has 10 heteroatoms. The second-order valence-corrected chi connectivity index (χ2v) is 8.55. The van der Waals surface area contributed by atoms with Gasteiger partial charge < -0.3 is 4.90 Å². The summed E-state index contributed by atoms with van der Waals surface area (Å²) in [6.07, 6.45) is -0.206. The van der Waals surface area contributed by atoms with Crippen molar-refractivity contribution in [3.05, 3.63) is 35.7 Å². The quantitative estimate of drug-likeness (QED) is 0.644. The van der Waals surface area contributed by atoms with Crippen molar-refractivity contribution in [3.63, 3.8) is 0 Å². The minimum atomic E-state index is -4.50. The third kappa shape index (κ3) is 4.64. The lowest BCUT2D eigenvalue weighted by atomic mass is 10.1. The van der Waals surface area contributed by atoms with Crippen LogP contribution >= 0.6 is 11.8 Å². The average Bonchev–Trinajstić information content (AvgIpc) is 3.07. The normalized spacial score (nSPS) is 17.8. The largest absolute Gasteiger partial charge is 0.418 e. The Kier molecular flexibility index (Phi) is 6.33. The lowest BCUT2D eigenvalue weighted by Crippen LogP contribution is -2.43. The number of aromatic nitrogens is 3. The van der Waals surface area contributed by atoms with Crippen molar-refractivity contribution in [3.8, 4) is 5.69 Å². The van der Waals surface area contributed by atoms with Crippen molar-refractivity contribution < 1.29 is 18.0 Å². The van der Waals surface area contributed by atoms with E-state index in [9.17, 15) is 18.0 Å². The third-order valence-corrected chi connectivity index (χ3v) is 6.41. The van der Waals surface area contributed by atoms with Gasteiger partial charge in [-0.25, -0.2) is 0 Å². The topological polar surface area (TPSA) is 54.3 Å². The Morgan fingerprint density at radius 1 is 1.00 bits per heavy atom. The van der Waals surface area contributed by atoms with E-state index in [1.54, 1.807) is 11.0 Å². The second kappa shape index (κ2) is 8.97. The molecule has 0 spiro atoms. The summed E-state index contributed by atoms with van der Waals surface area (Å²) in [5.41, 5.74) is -0.735. The summed E-state index contributed by atoms with van der Waals surface area (Å²) in [4.78, 5) is 16.2. The lowest BCUT2D eigenvalue weighted by Gasteiger charge is -2.30. The van der Waals surface area contributed by atoms with Crippen molar-refractivity contribution >= 4 is 17.7 Å². The lowest BCUT2D eigenvalue weighted by molar-refractivity contribution is -0.137. The number of rotatable bonds is 6. The Balaban J connectivity index is 1.66. The molecule has 2 aliphatic heterocycles. The van der Waals surface area contributed by atoms with Gasteiger partial charge in [-0.3, -0.25) is 14.3 Å². The van der Waals surface area contributed by atoms with Crippen LogP contribution in [0.5, 0.6) is 0 Å². The Hall–Kier alpha value is -2.07. The number of thioether (sulfide) groups is 1. The summed E-state index contributed by atoms with van der Waals surface area (Å²) >= 11 is 1.14. The molecule has 2 saturated heterocycles. The Bertz CT molecular complexity index is 891. The van der Waals surface area contributed by atoms with Gasteiger partial charge in [0.25, 0.3) is 0 Å². The molecule has 2 aliphatic rings. The predicted molar refractivity (Wildman–Crippen MR) is 107 cm³/mol. The highest BCUT2D eigenvalue weighted by Gasteiger charge is 2.35. The number of hydrogen-bond donors (Lipinski definition) is 0. The number of benzene rings is 1. The Morgan fingerprint density at radius 3 is 2.40 bits per heavy atom. The molecule has 2 aromatic rings. The molecule has 4 rings (SSSR count). The first kappa shape index (κ1) is 21.2. The van der Waals surface area contributed by atoms with Crippen LogP contribution in [0.4, 0.5) is 13.2 Å². The third-order valence-electron chi connectivity index (χ3n) is 5.50. The standard InChI is InChI=1S/C20H24F3N5OS/c21-20(22,23)15-7-2-3-8-16(15)28-17(13-26-9-4-1-5-10-26)24-25-19(28)30-14-18(29)27-11-6-12-27/h2-3,7-8H,1,4-6,9-14H2. The van der Waals surface area contributed by atoms with Gasteiger partial charge in [0.05, 0.1) is 23.5 Å².